The fourth-order valence-corrected chi connectivity index (χ4v) is 2.53. The van der Waals surface area contributed by atoms with Crippen LogP contribution in [0.3, 0.4) is 0 Å². The molecule has 2 atom stereocenters. The molecule has 2 unspecified atom stereocenters. The van der Waals surface area contributed by atoms with Crippen molar-refractivity contribution in [1.29, 1.82) is 0 Å². The van der Waals surface area contributed by atoms with Crippen molar-refractivity contribution in [3.05, 3.63) is 0 Å². The molecule has 0 spiro atoms. The molecule has 1 saturated carbocycles. The second-order valence-electron chi connectivity index (χ2n) is 6.09. The van der Waals surface area contributed by atoms with Crippen molar-refractivity contribution in [2.75, 3.05) is 40.4 Å². The summed E-state index contributed by atoms with van der Waals surface area (Å²) in [4.78, 5) is 17.7. The highest BCUT2D eigenvalue weighted by molar-refractivity contribution is 5.84. The van der Waals surface area contributed by atoms with Crippen molar-refractivity contribution < 1.29 is 9.53 Å². The monoisotopic (exact) mass is 312 g/mol. The quantitative estimate of drug-likeness (QED) is 0.421. The fraction of sp³-hybridized carbons (Fsp3) is 0.875. The van der Waals surface area contributed by atoms with Gasteiger partial charge in [0.15, 0.2) is 5.96 Å². The highest BCUT2D eigenvalue weighted by Crippen LogP contribution is 2.23. The van der Waals surface area contributed by atoms with Crippen molar-refractivity contribution in [2.24, 2.45) is 10.9 Å². The van der Waals surface area contributed by atoms with Gasteiger partial charge in [0.25, 0.3) is 0 Å². The maximum atomic E-state index is 11.7. The number of guanidine groups is 1. The molecule has 0 aromatic carbocycles. The standard InChI is InChI=1S/C16H32N4O2/c1-5-22-11-10-17-16(18-12-15(21)20(3)4)19-14-9-7-6-8-13(14)2/h13-14H,5-12H2,1-4H3,(H2,17,18,19). The van der Waals surface area contributed by atoms with Crippen LogP contribution in [0.4, 0.5) is 0 Å². The molecule has 1 aliphatic rings. The molecule has 0 aliphatic heterocycles. The number of aliphatic imine (C=N–C) groups is 1. The number of rotatable bonds is 7. The van der Waals surface area contributed by atoms with Gasteiger partial charge in [-0.05, 0) is 25.7 Å². The summed E-state index contributed by atoms with van der Waals surface area (Å²) in [6.45, 7) is 6.46. The zero-order valence-corrected chi connectivity index (χ0v) is 14.5. The summed E-state index contributed by atoms with van der Waals surface area (Å²) in [6.07, 6.45) is 4.98. The molecule has 0 radical (unpaired) electrons. The lowest BCUT2D eigenvalue weighted by Gasteiger charge is -2.31. The lowest BCUT2D eigenvalue weighted by molar-refractivity contribution is -0.127. The molecule has 1 aliphatic carbocycles. The number of nitrogens with one attached hydrogen (secondary N) is 2. The van der Waals surface area contributed by atoms with Gasteiger partial charge in [0, 0.05) is 33.3 Å². The predicted molar refractivity (Wildman–Crippen MR) is 90.0 cm³/mol. The van der Waals surface area contributed by atoms with E-state index in [2.05, 4.69) is 22.5 Å². The Morgan fingerprint density at radius 2 is 2.05 bits per heavy atom. The van der Waals surface area contributed by atoms with Crippen LogP contribution in [0, 0.1) is 5.92 Å². The molecule has 2 N–H and O–H groups in total. The summed E-state index contributed by atoms with van der Waals surface area (Å²) < 4.78 is 5.34. The summed E-state index contributed by atoms with van der Waals surface area (Å²) in [5.74, 6) is 1.36. The maximum Gasteiger partial charge on any atom is 0.243 e. The Bertz CT molecular complexity index is 358. The van der Waals surface area contributed by atoms with Crippen molar-refractivity contribution in [3.63, 3.8) is 0 Å². The largest absolute Gasteiger partial charge is 0.380 e. The third-order valence-electron chi connectivity index (χ3n) is 4.05. The van der Waals surface area contributed by atoms with Gasteiger partial charge in [-0.1, -0.05) is 19.8 Å². The van der Waals surface area contributed by atoms with Crippen molar-refractivity contribution in [2.45, 2.75) is 45.6 Å². The van der Waals surface area contributed by atoms with Crippen LogP contribution in [0.5, 0.6) is 0 Å². The van der Waals surface area contributed by atoms with E-state index in [0.29, 0.717) is 37.7 Å². The number of nitrogens with zero attached hydrogens (tertiary/aromatic N) is 2. The predicted octanol–water partition coefficient (Wildman–Crippen LogP) is 1.23. The minimum Gasteiger partial charge on any atom is -0.380 e. The molecule has 22 heavy (non-hydrogen) atoms. The minimum atomic E-state index is 0.00241. The average molecular weight is 312 g/mol. The van der Waals surface area contributed by atoms with Crippen LogP contribution in [0.15, 0.2) is 4.99 Å². The first-order valence-electron chi connectivity index (χ1n) is 8.37. The number of carbonyl (C=O) groups is 1. The zero-order valence-electron chi connectivity index (χ0n) is 14.5. The molecule has 6 heteroatoms. The molecule has 1 rings (SSSR count). The normalized spacial score (nSPS) is 22.3. The first kappa shape index (κ1) is 18.7. The number of likely N-dealkylation sites (N-methyl/N-ethyl adjacent to an activating group) is 1. The number of ether oxygens (including phenoxy) is 1. The van der Waals surface area contributed by atoms with Crippen molar-refractivity contribution in [1.82, 2.24) is 15.5 Å². The summed E-state index contributed by atoms with van der Waals surface area (Å²) >= 11 is 0. The van der Waals surface area contributed by atoms with Crippen LogP contribution < -0.4 is 10.6 Å². The summed E-state index contributed by atoms with van der Waals surface area (Å²) in [6, 6.07) is 0.432. The molecular weight excluding hydrogens is 280 g/mol. The Morgan fingerprint density at radius 3 is 2.68 bits per heavy atom. The van der Waals surface area contributed by atoms with Crippen LogP contribution in [0.25, 0.3) is 0 Å². The van der Waals surface area contributed by atoms with E-state index in [1.165, 1.54) is 19.3 Å². The Balaban J connectivity index is 2.55. The second kappa shape index (κ2) is 10.4. The highest BCUT2D eigenvalue weighted by atomic mass is 16.5. The van der Waals surface area contributed by atoms with Gasteiger partial charge in [-0.25, -0.2) is 4.99 Å². The van der Waals surface area contributed by atoms with Gasteiger partial charge in [0.2, 0.25) is 5.91 Å². The van der Waals surface area contributed by atoms with E-state index in [4.69, 9.17) is 4.74 Å². The molecule has 6 nitrogen and oxygen atoms in total. The molecule has 0 aromatic rings. The van der Waals surface area contributed by atoms with Gasteiger partial charge in [0.1, 0.15) is 6.54 Å². The van der Waals surface area contributed by atoms with E-state index >= 15 is 0 Å². The third-order valence-corrected chi connectivity index (χ3v) is 4.05. The fourth-order valence-electron chi connectivity index (χ4n) is 2.53. The Morgan fingerprint density at radius 1 is 1.32 bits per heavy atom. The van der Waals surface area contributed by atoms with Gasteiger partial charge < -0.3 is 20.3 Å². The Kier molecular flexibility index (Phi) is 8.89. The van der Waals surface area contributed by atoms with Crippen LogP contribution in [0.2, 0.25) is 0 Å². The zero-order chi connectivity index (χ0) is 16.4. The van der Waals surface area contributed by atoms with E-state index in [-0.39, 0.29) is 12.5 Å². The van der Waals surface area contributed by atoms with Crippen LogP contribution in [-0.4, -0.2) is 63.2 Å². The topological polar surface area (TPSA) is 66.0 Å². The minimum absolute atomic E-state index is 0.00241. The van der Waals surface area contributed by atoms with E-state index in [1.54, 1.807) is 19.0 Å². The smallest absolute Gasteiger partial charge is 0.243 e. The summed E-state index contributed by atoms with van der Waals surface area (Å²) in [5.41, 5.74) is 0. The molecule has 1 fully saturated rings. The van der Waals surface area contributed by atoms with Gasteiger partial charge in [0.05, 0.1) is 6.61 Å². The lowest BCUT2D eigenvalue weighted by Crippen LogP contribution is -2.48. The lowest BCUT2D eigenvalue weighted by atomic mass is 9.86. The molecule has 0 heterocycles. The average Bonchev–Trinajstić information content (AvgIpc) is 2.50. The Hall–Kier alpha value is -1.30. The number of hydrogen-bond acceptors (Lipinski definition) is 3. The van der Waals surface area contributed by atoms with Crippen LogP contribution >= 0.6 is 0 Å². The molecule has 0 saturated heterocycles. The van der Waals surface area contributed by atoms with Crippen LogP contribution in [-0.2, 0) is 9.53 Å². The first-order valence-corrected chi connectivity index (χ1v) is 8.37. The van der Waals surface area contributed by atoms with Gasteiger partial charge in [-0.3, -0.25) is 4.79 Å². The van der Waals surface area contributed by atoms with E-state index < -0.39 is 0 Å². The molecule has 0 aromatic heterocycles. The third kappa shape index (κ3) is 7.11. The first-order chi connectivity index (χ1) is 10.5. The second-order valence-corrected chi connectivity index (χ2v) is 6.09. The summed E-state index contributed by atoms with van der Waals surface area (Å²) in [5, 5.41) is 6.75. The van der Waals surface area contributed by atoms with Gasteiger partial charge in [-0.15, -0.1) is 0 Å². The maximum absolute atomic E-state index is 11.7. The van der Waals surface area contributed by atoms with Gasteiger partial charge >= 0.3 is 0 Å². The molecule has 128 valence electrons. The number of hydrogen-bond donors (Lipinski definition) is 2. The Labute approximate surface area is 134 Å². The SMILES string of the molecule is CCOCCNC(=NCC(=O)N(C)C)NC1CCCCC1C. The summed E-state index contributed by atoms with van der Waals surface area (Å²) in [7, 11) is 3.49. The van der Waals surface area contributed by atoms with Crippen molar-refractivity contribution in [3.8, 4) is 0 Å². The van der Waals surface area contributed by atoms with Crippen molar-refractivity contribution >= 4 is 11.9 Å². The number of amides is 1. The number of carbonyl (C=O) groups excluding carboxylic acids is 1. The van der Waals surface area contributed by atoms with Gasteiger partial charge in [-0.2, -0.15) is 0 Å². The molecule has 1 amide bonds. The molecule has 0 bridgehead atoms. The highest BCUT2D eigenvalue weighted by Gasteiger charge is 2.22. The van der Waals surface area contributed by atoms with E-state index in [9.17, 15) is 4.79 Å². The van der Waals surface area contributed by atoms with E-state index in [0.717, 1.165) is 6.42 Å². The van der Waals surface area contributed by atoms with Crippen LogP contribution in [0.1, 0.15) is 39.5 Å². The molecular formula is C16H32N4O2. The van der Waals surface area contributed by atoms with E-state index in [1.807, 2.05) is 6.92 Å².